The molecule has 0 saturated heterocycles. The highest BCUT2D eigenvalue weighted by atomic mass is 32.1. The molecule has 2 aromatic rings. The van der Waals surface area contributed by atoms with Crippen LogP contribution >= 0.6 is 11.3 Å². The van der Waals surface area contributed by atoms with Crippen molar-refractivity contribution in [2.24, 2.45) is 5.73 Å². The van der Waals surface area contributed by atoms with Crippen molar-refractivity contribution >= 4 is 17.2 Å². The number of carbonyl (C=O) groups excluding carboxylic acids is 1. The lowest BCUT2D eigenvalue weighted by Gasteiger charge is -2.25. The Balaban J connectivity index is 1.69. The van der Waals surface area contributed by atoms with Crippen LogP contribution in [0.15, 0.2) is 18.3 Å². The maximum absolute atomic E-state index is 12.8. The van der Waals surface area contributed by atoms with E-state index in [-0.39, 0.29) is 31.1 Å². The number of rotatable bonds is 6. The Morgan fingerprint density at radius 2 is 2.16 bits per heavy atom. The molecule has 0 aliphatic heterocycles. The largest absolute Gasteiger partial charge is 0.395 e. The number of aryl methyl sites for hydroxylation is 1. The second kappa shape index (κ2) is 8.07. The zero-order valence-electron chi connectivity index (χ0n) is 14.5. The van der Waals surface area contributed by atoms with Crippen LogP contribution in [0.3, 0.4) is 0 Å². The molecule has 7 nitrogen and oxygen atoms in total. The van der Waals surface area contributed by atoms with Gasteiger partial charge < -0.3 is 15.7 Å². The molecular weight excluding hydrogens is 338 g/mol. The molecule has 1 aliphatic rings. The van der Waals surface area contributed by atoms with Crippen LogP contribution in [-0.2, 0) is 6.54 Å². The lowest BCUT2D eigenvalue weighted by Crippen LogP contribution is -2.33. The summed E-state index contributed by atoms with van der Waals surface area (Å²) in [6.07, 6.45) is 5.61. The van der Waals surface area contributed by atoms with Gasteiger partial charge in [0, 0.05) is 22.3 Å². The monoisotopic (exact) mass is 363 g/mol. The summed E-state index contributed by atoms with van der Waals surface area (Å²) in [6.45, 7) is 2.71. The van der Waals surface area contributed by atoms with Gasteiger partial charge in [0.05, 0.1) is 25.4 Å². The SMILES string of the molecule is Cc1ccc(CN(CCO)C(=O)c2cn(C3CCC(N)CC3)nn2)s1. The molecule has 1 saturated carbocycles. The highest BCUT2D eigenvalue weighted by Crippen LogP contribution is 2.27. The third-order valence-electron chi connectivity index (χ3n) is 4.64. The summed E-state index contributed by atoms with van der Waals surface area (Å²) in [5.41, 5.74) is 6.28. The van der Waals surface area contributed by atoms with Crippen LogP contribution in [0.5, 0.6) is 0 Å². The predicted octanol–water partition coefficient (Wildman–Crippen LogP) is 1.73. The Bertz CT molecular complexity index is 705. The average molecular weight is 363 g/mol. The Hall–Kier alpha value is -1.77. The van der Waals surface area contributed by atoms with Gasteiger partial charge >= 0.3 is 0 Å². The van der Waals surface area contributed by atoms with Gasteiger partial charge in [-0.3, -0.25) is 4.79 Å². The molecule has 8 heteroatoms. The molecule has 1 aliphatic carbocycles. The first-order chi connectivity index (χ1) is 12.1. The minimum atomic E-state index is -0.195. The quantitative estimate of drug-likeness (QED) is 0.814. The fraction of sp³-hybridized carbons (Fsp3) is 0.588. The molecule has 0 spiro atoms. The van der Waals surface area contributed by atoms with Crippen LogP contribution in [0.2, 0.25) is 0 Å². The van der Waals surface area contributed by atoms with E-state index in [0.29, 0.717) is 12.2 Å². The van der Waals surface area contributed by atoms with Crippen molar-refractivity contribution in [3.63, 3.8) is 0 Å². The van der Waals surface area contributed by atoms with E-state index in [1.54, 1.807) is 27.1 Å². The fourth-order valence-corrected chi connectivity index (χ4v) is 4.12. The molecule has 3 N–H and O–H groups in total. The normalized spacial score (nSPS) is 20.6. The first-order valence-electron chi connectivity index (χ1n) is 8.69. The van der Waals surface area contributed by atoms with Gasteiger partial charge in [-0.2, -0.15) is 0 Å². The summed E-state index contributed by atoms with van der Waals surface area (Å²) in [5.74, 6) is -0.195. The Morgan fingerprint density at radius 3 is 2.80 bits per heavy atom. The van der Waals surface area contributed by atoms with Gasteiger partial charge in [-0.05, 0) is 44.7 Å². The van der Waals surface area contributed by atoms with Crippen LogP contribution in [0.1, 0.15) is 52.0 Å². The molecule has 136 valence electrons. The van der Waals surface area contributed by atoms with Crippen molar-refractivity contribution in [3.8, 4) is 0 Å². The number of hydrogen-bond donors (Lipinski definition) is 2. The van der Waals surface area contributed by atoms with Crippen LogP contribution in [-0.4, -0.2) is 50.1 Å². The average Bonchev–Trinajstić information content (AvgIpc) is 3.24. The summed E-state index contributed by atoms with van der Waals surface area (Å²) in [4.78, 5) is 16.7. The van der Waals surface area contributed by atoms with Gasteiger partial charge in [0.1, 0.15) is 0 Å². The number of nitrogens with zero attached hydrogens (tertiary/aromatic N) is 4. The van der Waals surface area contributed by atoms with Crippen molar-refractivity contribution in [2.75, 3.05) is 13.2 Å². The van der Waals surface area contributed by atoms with E-state index in [0.717, 1.165) is 30.6 Å². The van der Waals surface area contributed by atoms with Crippen molar-refractivity contribution in [1.82, 2.24) is 19.9 Å². The summed E-state index contributed by atoms with van der Waals surface area (Å²) in [5, 5.41) is 17.5. The number of thiophene rings is 1. The predicted molar refractivity (Wildman–Crippen MR) is 96.4 cm³/mol. The number of carbonyl (C=O) groups is 1. The summed E-state index contributed by atoms with van der Waals surface area (Å²) < 4.78 is 1.80. The molecule has 0 unspecified atom stereocenters. The number of aromatic nitrogens is 3. The fourth-order valence-electron chi connectivity index (χ4n) is 3.21. The lowest BCUT2D eigenvalue weighted by atomic mass is 9.92. The molecule has 25 heavy (non-hydrogen) atoms. The number of hydrogen-bond acceptors (Lipinski definition) is 6. The third kappa shape index (κ3) is 4.45. The van der Waals surface area contributed by atoms with Crippen molar-refractivity contribution in [1.29, 1.82) is 0 Å². The molecule has 1 fully saturated rings. The topological polar surface area (TPSA) is 97.3 Å². The Kier molecular flexibility index (Phi) is 5.82. The van der Waals surface area contributed by atoms with E-state index < -0.39 is 0 Å². The van der Waals surface area contributed by atoms with Gasteiger partial charge in [-0.1, -0.05) is 5.21 Å². The zero-order valence-corrected chi connectivity index (χ0v) is 15.3. The molecule has 3 rings (SSSR count). The first-order valence-corrected chi connectivity index (χ1v) is 9.51. The van der Waals surface area contributed by atoms with Crippen molar-refractivity contribution < 1.29 is 9.90 Å². The van der Waals surface area contributed by atoms with E-state index in [1.165, 1.54) is 4.88 Å². The van der Waals surface area contributed by atoms with Crippen LogP contribution in [0.4, 0.5) is 0 Å². The molecule has 0 radical (unpaired) electrons. The van der Waals surface area contributed by atoms with Gasteiger partial charge in [0.25, 0.3) is 5.91 Å². The first kappa shape index (κ1) is 18.0. The summed E-state index contributed by atoms with van der Waals surface area (Å²) in [7, 11) is 0. The zero-order chi connectivity index (χ0) is 17.8. The molecule has 0 bridgehead atoms. The van der Waals surface area contributed by atoms with E-state index in [4.69, 9.17) is 5.73 Å². The van der Waals surface area contributed by atoms with Gasteiger partial charge in [0.15, 0.2) is 5.69 Å². The number of amides is 1. The molecule has 2 aromatic heterocycles. The standard InChI is InChI=1S/C17H25N5O2S/c1-12-2-7-15(25-12)10-21(8-9-23)17(24)16-11-22(20-19-16)14-5-3-13(18)4-6-14/h2,7,11,13-14,23H,3-6,8-10,18H2,1H3. The molecular formula is C17H25N5O2S. The minimum absolute atomic E-state index is 0.0786. The number of aliphatic hydroxyl groups excluding tert-OH is 1. The number of nitrogens with two attached hydrogens (primary N) is 1. The van der Waals surface area contributed by atoms with Crippen LogP contribution < -0.4 is 5.73 Å². The maximum atomic E-state index is 12.8. The molecule has 1 amide bonds. The maximum Gasteiger partial charge on any atom is 0.276 e. The highest BCUT2D eigenvalue weighted by Gasteiger charge is 2.24. The van der Waals surface area contributed by atoms with Gasteiger partial charge in [-0.25, -0.2) is 4.68 Å². The van der Waals surface area contributed by atoms with Gasteiger partial charge in [0.2, 0.25) is 0 Å². The summed E-state index contributed by atoms with van der Waals surface area (Å²) >= 11 is 1.65. The van der Waals surface area contributed by atoms with Crippen LogP contribution in [0, 0.1) is 6.92 Å². The molecule has 0 atom stereocenters. The highest BCUT2D eigenvalue weighted by molar-refractivity contribution is 7.11. The van der Waals surface area contributed by atoms with Crippen molar-refractivity contribution in [2.45, 2.75) is 51.2 Å². The van der Waals surface area contributed by atoms with E-state index in [1.807, 2.05) is 19.1 Å². The van der Waals surface area contributed by atoms with Gasteiger partial charge in [-0.15, -0.1) is 16.4 Å². The van der Waals surface area contributed by atoms with E-state index >= 15 is 0 Å². The third-order valence-corrected chi connectivity index (χ3v) is 5.63. The lowest BCUT2D eigenvalue weighted by molar-refractivity contribution is 0.0703. The van der Waals surface area contributed by atoms with E-state index in [9.17, 15) is 9.90 Å². The second-order valence-corrected chi connectivity index (χ2v) is 7.99. The van der Waals surface area contributed by atoms with Crippen LogP contribution in [0.25, 0.3) is 0 Å². The Morgan fingerprint density at radius 1 is 1.40 bits per heavy atom. The molecule has 0 aromatic carbocycles. The van der Waals surface area contributed by atoms with E-state index in [2.05, 4.69) is 10.3 Å². The molecule has 2 heterocycles. The second-order valence-electron chi connectivity index (χ2n) is 6.62. The smallest absolute Gasteiger partial charge is 0.276 e. The Labute approximate surface area is 151 Å². The minimum Gasteiger partial charge on any atom is -0.395 e. The summed E-state index contributed by atoms with van der Waals surface area (Å²) in [6, 6.07) is 4.58. The van der Waals surface area contributed by atoms with Crippen molar-refractivity contribution in [3.05, 3.63) is 33.8 Å². The number of aliphatic hydroxyl groups is 1.